The number of hydrogen-bond acceptors (Lipinski definition) is 2. The van der Waals surface area contributed by atoms with E-state index in [1.165, 1.54) is 0 Å². The molecule has 1 fully saturated rings. The summed E-state index contributed by atoms with van der Waals surface area (Å²) in [4.78, 5) is 0. The molecule has 50 valence electrons. The second-order valence-corrected chi connectivity index (χ2v) is 2.49. The summed E-state index contributed by atoms with van der Waals surface area (Å²) in [5, 5.41) is 7.40. The summed E-state index contributed by atoms with van der Waals surface area (Å²) < 4.78 is 0. The molecule has 0 amide bonds. The summed E-state index contributed by atoms with van der Waals surface area (Å²) in [7, 11) is 0. The van der Waals surface area contributed by atoms with Crippen LogP contribution in [0.5, 0.6) is 0 Å². The predicted octanol–water partition coefficient (Wildman–Crippen LogP) is 1.42. The van der Waals surface area contributed by atoms with Crippen LogP contribution in [0.3, 0.4) is 0 Å². The second-order valence-electron chi connectivity index (χ2n) is 2.49. The number of nitrogens with one attached hydrogen (secondary N) is 1. The molecule has 0 radical (unpaired) electrons. The number of allylic oxidation sites excluding steroid dienone is 2. The van der Waals surface area contributed by atoms with Crippen LogP contribution in [0.15, 0.2) is 11.3 Å². The topological polar surface area (TPSA) is 49.9 Å². The van der Waals surface area contributed by atoms with Crippen molar-refractivity contribution in [2.24, 2.45) is 5.73 Å². The molecule has 3 N–H and O–H groups in total. The molecule has 0 aromatic heterocycles. The molecule has 0 aromatic rings. The minimum Gasteiger partial charge on any atom is -0.402 e. The third-order valence-corrected chi connectivity index (χ3v) is 1.69. The van der Waals surface area contributed by atoms with Crippen LogP contribution in [-0.4, -0.2) is 5.71 Å². The number of hydrogen-bond donors (Lipinski definition) is 2. The van der Waals surface area contributed by atoms with Crippen molar-refractivity contribution in [2.45, 2.75) is 26.2 Å². The summed E-state index contributed by atoms with van der Waals surface area (Å²) in [5.41, 5.74) is 8.18. The molecule has 0 saturated heterocycles. The summed E-state index contributed by atoms with van der Waals surface area (Å²) >= 11 is 0. The van der Waals surface area contributed by atoms with Crippen LogP contribution in [-0.2, 0) is 0 Å². The molecule has 1 saturated carbocycles. The molecule has 1 rings (SSSR count). The minimum absolute atomic E-state index is 0.745. The molecule has 0 spiro atoms. The van der Waals surface area contributed by atoms with Crippen molar-refractivity contribution in [3.8, 4) is 0 Å². The minimum atomic E-state index is 0.745. The lowest BCUT2D eigenvalue weighted by Crippen LogP contribution is -2.01. The molecule has 1 aliphatic carbocycles. The first kappa shape index (κ1) is 6.33. The zero-order chi connectivity index (χ0) is 6.85. The van der Waals surface area contributed by atoms with E-state index in [0.29, 0.717) is 0 Å². The van der Waals surface area contributed by atoms with Crippen molar-refractivity contribution < 1.29 is 0 Å². The second kappa shape index (κ2) is 2.21. The van der Waals surface area contributed by atoms with E-state index < -0.39 is 0 Å². The molecule has 0 aliphatic heterocycles. The third kappa shape index (κ3) is 1.12. The SMILES string of the molecule is CC(N)=C1CCCC1=N. The summed E-state index contributed by atoms with van der Waals surface area (Å²) in [6.07, 6.45) is 3.05. The van der Waals surface area contributed by atoms with Crippen LogP contribution >= 0.6 is 0 Å². The quantitative estimate of drug-likeness (QED) is 0.504. The van der Waals surface area contributed by atoms with Gasteiger partial charge in [0.15, 0.2) is 0 Å². The lowest BCUT2D eigenvalue weighted by atomic mass is 10.2. The van der Waals surface area contributed by atoms with Gasteiger partial charge in [0.25, 0.3) is 0 Å². The van der Waals surface area contributed by atoms with Crippen molar-refractivity contribution in [1.82, 2.24) is 0 Å². The van der Waals surface area contributed by atoms with E-state index in [1.807, 2.05) is 6.92 Å². The van der Waals surface area contributed by atoms with Crippen molar-refractivity contribution in [3.63, 3.8) is 0 Å². The molecule has 0 unspecified atom stereocenters. The fourth-order valence-electron chi connectivity index (χ4n) is 1.18. The predicted molar refractivity (Wildman–Crippen MR) is 38.5 cm³/mol. The standard InChI is InChI=1S/C7H12N2/c1-5(8)6-3-2-4-7(6)9/h9H,2-4,8H2,1H3. The maximum absolute atomic E-state index is 7.40. The molecule has 1 aliphatic rings. The summed E-state index contributed by atoms with van der Waals surface area (Å²) in [6.45, 7) is 1.87. The average Bonchev–Trinajstić information content (AvgIpc) is 2.13. The average molecular weight is 124 g/mol. The van der Waals surface area contributed by atoms with E-state index in [1.54, 1.807) is 0 Å². The van der Waals surface area contributed by atoms with Gasteiger partial charge in [-0.2, -0.15) is 0 Å². The Morgan fingerprint density at radius 2 is 2.22 bits per heavy atom. The largest absolute Gasteiger partial charge is 0.402 e. The van der Waals surface area contributed by atoms with Gasteiger partial charge in [-0.15, -0.1) is 0 Å². The summed E-state index contributed by atoms with van der Waals surface area (Å²) in [5.74, 6) is 0. The zero-order valence-corrected chi connectivity index (χ0v) is 5.70. The highest BCUT2D eigenvalue weighted by atomic mass is 14.6. The Labute approximate surface area is 55.3 Å². The summed E-state index contributed by atoms with van der Waals surface area (Å²) in [6, 6.07) is 0. The molecule has 0 heterocycles. The molecule has 2 nitrogen and oxygen atoms in total. The Balaban J connectivity index is 2.83. The number of nitrogens with two attached hydrogens (primary N) is 1. The van der Waals surface area contributed by atoms with Gasteiger partial charge in [0.2, 0.25) is 0 Å². The highest BCUT2D eigenvalue weighted by molar-refractivity contribution is 6.00. The van der Waals surface area contributed by atoms with E-state index >= 15 is 0 Å². The Morgan fingerprint density at radius 3 is 2.44 bits per heavy atom. The lowest BCUT2D eigenvalue weighted by Gasteiger charge is -1.97. The first-order valence-electron chi connectivity index (χ1n) is 3.25. The third-order valence-electron chi connectivity index (χ3n) is 1.69. The normalized spacial score (nSPS) is 24.8. The van der Waals surface area contributed by atoms with Gasteiger partial charge in [0.1, 0.15) is 0 Å². The van der Waals surface area contributed by atoms with Gasteiger partial charge >= 0.3 is 0 Å². The van der Waals surface area contributed by atoms with Crippen LogP contribution in [0.4, 0.5) is 0 Å². The molecular weight excluding hydrogens is 112 g/mol. The van der Waals surface area contributed by atoms with Crippen LogP contribution in [0.25, 0.3) is 0 Å². The van der Waals surface area contributed by atoms with Crippen LogP contribution < -0.4 is 5.73 Å². The van der Waals surface area contributed by atoms with Gasteiger partial charge in [0.05, 0.1) is 0 Å². The molecule has 2 heteroatoms. The Bertz CT molecular complexity index is 164. The van der Waals surface area contributed by atoms with Crippen LogP contribution in [0.2, 0.25) is 0 Å². The van der Waals surface area contributed by atoms with E-state index in [9.17, 15) is 0 Å². The van der Waals surface area contributed by atoms with Crippen molar-refractivity contribution in [1.29, 1.82) is 5.41 Å². The Hall–Kier alpha value is -0.790. The molecule has 0 atom stereocenters. The zero-order valence-electron chi connectivity index (χ0n) is 5.70. The highest BCUT2D eigenvalue weighted by Gasteiger charge is 2.13. The monoisotopic (exact) mass is 124 g/mol. The van der Waals surface area contributed by atoms with Crippen molar-refractivity contribution in [3.05, 3.63) is 11.3 Å². The van der Waals surface area contributed by atoms with Gasteiger partial charge in [-0.3, -0.25) is 0 Å². The van der Waals surface area contributed by atoms with Gasteiger partial charge in [-0.1, -0.05) is 0 Å². The first-order chi connectivity index (χ1) is 4.22. The highest BCUT2D eigenvalue weighted by Crippen LogP contribution is 2.21. The van der Waals surface area contributed by atoms with Crippen molar-refractivity contribution in [2.75, 3.05) is 0 Å². The van der Waals surface area contributed by atoms with Gasteiger partial charge in [-0.25, -0.2) is 0 Å². The fourth-order valence-corrected chi connectivity index (χ4v) is 1.18. The van der Waals surface area contributed by atoms with E-state index in [0.717, 1.165) is 36.2 Å². The molecule has 9 heavy (non-hydrogen) atoms. The maximum Gasteiger partial charge on any atom is 0.0363 e. The van der Waals surface area contributed by atoms with Crippen LogP contribution in [0.1, 0.15) is 26.2 Å². The van der Waals surface area contributed by atoms with Crippen LogP contribution in [0, 0.1) is 5.41 Å². The van der Waals surface area contributed by atoms with E-state index in [4.69, 9.17) is 11.1 Å². The Kier molecular flexibility index (Phi) is 1.56. The number of rotatable bonds is 0. The smallest absolute Gasteiger partial charge is 0.0363 e. The molecule has 0 bridgehead atoms. The van der Waals surface area contributed by atoms with Gasteiger partial charge in [-0.05, 0) is 31.8 Å². The fraction of sp³-hybridized carbons (Fsp3) is 0.571. The van der Waals surface area contributed by atoms with E-state index in [2.05, 4.69) is 0 Å². The molecule has 0 aromatic carbocycles. The molecular formula is C7H12N2. The van der Waals surface area contributed by atoms with Crippen molar-refractivity contribution >= 4 is 5.71 Å². The van der Waals surface area contributed by atoms with Gasteiger partial charge < -0.3 is 11.1 Å². The Morgan fingerprint density at radius 1 is 1.56 bits per heavy atom. The maximum atomic E-state index is 7.40. The lowest BCUT2D eigenvalue weighted by molar-refractivity contribution is 0.937. The van der Waals surface area contributed by atoms with E-state index in [-0.39, 0.29) is 0 Å². The first-order valence-corrected chi connectivity index (χ1v) is 3.25. The van der Waals surface area contributed by atoms with Gasteiger partial charge in [0, 0.05) is 11.4 Å².